The van der Waals surface area contributed by atoms with E-state index in [0.29, 0.717) is 0 Å². The van der Waals surface area contributed by atoms with E-state index >= 15 is 0 Å². The van der Waals surface area contributed by atoms with Crippen molar-refractivity contribution in [2.24, 2.45) is 0 Å². The second-order valence-corrected chi connectivity index (χ2v) is 3.95. The van der Waals surface area contributed by atoms with Crippen molar-refractivity contribution in [2.45, 2.75) is 12.8 Å². The molecular formula is C11H8BrF2NO2. The van der Waals surface area contributed by atoms with Crippen molar-refractivity contribution in [2.75, 3.05) is 7.11 Å². The van der Waals surface area contributed by atoms with E-state index in [1.807, 2.05) is 6.07 Å². The Morgan fingerprint density at radius 2 is 2.24 bits per heavy atom. The minimum atomic E-state index is -2.71. The monoisotopic (exact) mass is 303 g/mol. The summed E-state index contributed by atoms with van der Waals surface area (Å²) in [6, 6.07) is 4.28. The number of halogens is 3. The number of nitriles is 1. The normalized spacial score (nSPS) is 10.1. The predicted octanol–water partition coefficient (Wildman–Crippen LogP) is 2.97. The van der Waals surface area contributed by atoms with Gasteiger partial charge in [0, 0.05) is 10.0 Å². The summed E-state index contributed by atoms with van der Waals surface area (Å²) in [5.41, 5.74) is 0.0143. The maximum Gasteiger partial charge on any atom is 0.310 e. The van der Waals surface area contributed by atoms with Crippen LogP contribution >= 0.6 is 15.9 Å². The number of esters is 1. The van der Waals surface area contributed by atoms with Gasteiger partial charge in [0.15, 0.2) is 0 Å². The Bertz CT molecular complexity index is 483. The number of carbonyl (C=O) groups excluding carboxylic acids is 1. The lowest BCUT2D eigenvalue weighted by atomic mass is 10.0. The van der Waals surface area contributed by atoms with Crippen molar-refractivity contribution in [3.05, 3.63) is 33.3 Å². The third-order valence-corrected chi connectivity index (χ3v) is 3.09. The number of nitrogens with zero attached hydrogens (tertiary/aromatic N) is 1. The van der Waals surface area contributed by atoms with Gasteiger partial charge < -0.3 is 4.74 Å². The van der Waals surface area contributed by atoms with Crippen LogP contribution in [-0.2, 0) is 16.0 Å². The molecule has 1 aromatic carbocycles. The van der Waals surface area contributed by atoms with Crippen molar-refractivity contribution in [1.82, 2.24) is 0 Å². The summed E-state index contributed by atoms with van der Waals surface area (Å²) in [6.07, 6.45) is -3.01. The summed E-state index contributed by atoms with van der Waals surface area (Å²) in [7, 11) is 1.17. The number of rotatable bonds is 3. The number of benzene rings is 1. The van der Waals surface area contributed by atoms with Crippen molar-refractivity contribution < 1.29 is 18.3 Å². The molecule has 0 aliphatic carbocycles. The van der Waals surface area contributed by atoms with Crippen molar-refractivity contribution >= 4 is 21.9 Å². The third kappa shape index (κ3) is 3.01. The highest BCUT2D eigenvalue weighted by Crippen LogP contribution is 2.31. The zero-order chi connectivity index (χ0) is 13.0. The Morgan fingerprint density at radius 3 is 2.71 bits per heavy atom. The molecule has 1 aromatic rings. The minimum absolute atomic E-state index is 0.0888. The molecule has 0 bridgehead atoms. The van der Waals surface area contributed by atoms with E-state index in [2.05, 4.69) is 20.7 Å². The second kappa shape index (κ2) is 5.73. The summed E-state index contributed by atoms with van der Waals surface area (Å²) in [6.45, 7) is 0. The second-order valence-electron chi connectivity index (χ2n) is 3.16. The summed E-state index contributed by atoms with van der Waals surface area (Å²) in [5, 5.41) is 8.78. The fourth-order valence-electron chi connectivity index (χ4n) is 1.32. The first-order valence-corrected chi connectivity index (χ1v) is 5.36. The van der Waals surface area contributed by atoms with E-state index in [1.165, 1.54) is 13.2 Å². The molecule has 0 saturated carbocycles. The summed E-state index contributed by atoms with van der Waals surface area (Å²) in [5.74, 6) is -0.636. The first-order chi connectivity index (χ1) is 8.01. The van der Waals surface area contributed by atoms with Crippen LogP contribution in [0, 0.1) is 11.3 Å². The fraction of sp³-hybridized carbons (Fsp3) is 0.273. The first-order valence-electron chi connectivity index (χ1n) is 4.57. The van der Waals surface area contributed by atoms with E-state index in [-0.39, 0.29) is 27.6 Å². The van der Waals surface area contributed by atoms with Gasteiger partial charge in [0.25, 0.3) is 6.43 Å². The van der Waals surface area contributed by atoms with Crippen LogP contribution in [0.15, 0.2) is 16.6 Å². The SMILES string of the molecule is COC(=O)Cc1c(C(F)F)ccc(C#N)c1Br. The Hall–Kier alpha value is -1.48. The van der Waals surface area contributed by atoms with Gasteiger partial charge in [-0.3, -0.25) is 4.79 Å². The van der Waals surface area contributed by atoms with Crippen LogP contribution in [0.2, 0.25) is 0 Å². The van der Waals surface area contributed by atoms with Gasteiger partial charge in [0.05, 0.1) is 19.1 Å². The highest BCUT2D eigenvalue weighted by atomic mass is 79.9. The third-order valence-electron chi connectivity index (χ3n) is 2.18. The summed E-state index contributed by atoms with van der Waals surface area (Å²) < 4.78 is 30.1. The van der Waals surface area contributed by atoms with E-state index in [1.54, 1.807) is 0 Å². The average Bonchev–Trinajstić information content (AvgIpc) is 2.30. The largest absolute Gasteiger partial charge is 0.469 e. The van der Waals surface area contributed by atoms with Gasteiger partial charge in [-0.15, -0.1) is 0 Å². The van der Waals surface area contributed by atoms with Gasteiger partial charge in [-0.05, 0) is 27.6 Å². The highest BCUT2D eigenvalue weighted by Gasteiger charge is 2.20. The fourth-order valence-corrected chi connectivity index (χ4v) is 1.91. The molecule has 0 amide bonds. The molecule has 0 N–H and O–H groups in total. The van der Waals surface area contributed by atoms with E-state index in [9.17, 15) is 13.6 Å². The number of methoxy groups -OCH3 is 1. The number of ether oxygens (including phenoxy) is 1. The lowest BCUT2D eigenvalue weighted by Crippen LogP contribution is -2.08. The zero-order valence-corrected chi connectivity index (χ0v) is 10.4. The number of hydrogen-bond acceptors (Lipinski definition) is 3. The molecule has 0 radical (unpaired) electrons. The Labute approximate surface area is 105 Å². The molecule has 0 heterocycles. The van der Waals surface area contributed by atoms with Crippen molar-refractivity contribution in [1.29, 1.82) is 5.26 Å². The zero-order valence-electron chi connectivity index (χ0n) is 8.84. The molecule has 0 fully saturated rings. The minimum Gasteiger partial charge on any atom is -0.469 e. The highest BCUT2D eigenvalue weighted by molar-refractivity contribution is 9.10. The molecule has 90 valence electrons. The maximum absolute atomic E-state index is 12.7. The van der Waals surface area contributed by atoms with Crippen molar-refractivity contribution in [3.8, 4) is 6.07 Å². The molecule has 3 nitrogen and oxygen atoms in total. The first kappa shape index (κ1) is 13.6. The van der Waals surface area contributed by atoms with Gasteiger partial charge in [0.1, 0.15) is 6.07 Å². The van der Waals surface area contributed by atoms with E-state index < -0.39 is 12.4 Å². The standard InChI is InChI=1S/C11H8BrF2NO2/c1-17-9(16)4-8-7(11(13)14)3-2-6(5-15)10(8)12/h2-3,11H,4H2,1H3. The van der Waals surface area contributed by atoms with Crippen LogP contribution in [0.1, 0.15) is 23.1 Å². The van der Waals surface area contributed by atoms with Crippen LogP contribution in [0.25, 0.3) is 0 Å². The topological polar surface area (TPSA) is 50.1 Å². The molecule has 0 aliphatic rings. The maximum atomic E-state index is 12.7. The number of hydrogen-bond donors (Lipinski definition) is 0. The lowest BCUT2D eigenvalue weighted by molar-refractivity contribution is -0.139. The molecule has 0 aliphatic heterocycles. The van der Waals surface area contributed by atoms with Crippen LogP contribution in [0.5, 0.6) is 0 Å². The van der Waals surface area contributed by atoms with E-state index in [4.69, 9.17) is 5.26 Å². The lowest BCUT2D eigenvalue weighted by Gasteiger charge is -2.11. The molecule has 0 atom stereocenters. The molecular weight excluding hydrogens is 296 g/mol. The average molecular weight is 304 g/mol. The van der Waals surface area contributed by atoms with Crippen LogP contribution in [0.3, 0.4) is 0 Å². The van der Waals surface area contributed by atoms with Gasteiger partial charge in [-0.25, -0.2) is 8.78 Å². The quantitative estimate of drug-likeness (QED) is 0.807. The van der Waals surface area contributed by atoms with E-state index in [0.717, 1.165) is 6.07 Å². The number of carbonyl (C=O) groups is 1. The Morgan fingerprint density at radius 1 is 1.59 bits per heavy atom. The Kier molecular flexibility index (Phi) is 4.58. The molecule has 0 saturated heterocycles. The Balaban J connectivity index is 3.31. The van der Waals surface area contributed by atoms with Gasteiger partial charge >= 0.3 is 5.97 Å². The van der Waals surface area contributed by atoms with Gasteiger partial charge in [0.2, 0.25) is 0 Å². The van der Waals surface area contributed by atoms with Crippen LogP contribution in [0.4, 0.5) is 8.78 Å². The summed E-state index contributed by atoms with van der Waals surface area (Å²) >= 11 is 3.05. The number of alkyl halides is 2. The predicted molar refractivity (Wildman–Crippen MR) is 59.5 cm³/mol. The van der Waals surface area contributed by atoms with Gasteiger partial charge in [-0.1, -0.05) is 6.07 Å². The molecule has 0 spiro atoms. The molecule has 17 heavy (non-hydrogen) atoms. The molecule has 6 heteroatoms. The molecule has 1 rings (SSSR count). The summed E-state index contributed by atoms with van der Waals surface area (Å²) in [4.78, 5) is 11.1. The van der Waals surface area contributed by atoms with Gasteiger partial charge in [-0.2, -0.15) is 5.26 Å². The molecule has 0 unspecified atom stereocenters. The molecule has 0 aromatic heterocycles. The van der Waals surface area contributed by atoms with Crippen molar-refractivity contribution in [3.63, 3.8) is 0 Å². The van der Waals surface area contributed by atoms with Crippen LogP contribution < -0.4 is 0 Å². The smallest absolute Gasteiger partial charge is 0.310 e. The van der Waals surface area contributed by atoms with Crippen LogP contribution in [-0.4, -0.2) is 13.1 Å².